The summed E-state index contributed by atoms with van der Waals surface area (Å²) in [5, 5.41) is 8.73. The van der Waals surface area contributed by atoms with Crippen molar-refractivity contribution in [3.05, 3.63) is 0 Å². The summed E-state index contributed by atoms with van der Waals surface area (Å²) in [5.74, 6) is -0.0205. The minimum absolute atomic E-state index is 0.195. The lowest BCUT2D eigenvalue weighted by atomic mass is 9.96. The van der Waals surface area contributed by atoms with Crippen LogP contribution in [0, 0.1) is 23.2 Å². The van der Waals surface area contributed by atoms with Crippen LogP contribution in [-0.2, 0) is 9.53 Å². The first-order valence-electron chi connectivity index (χ1n) is 4.65. The number of nitriles is 1. The van der Waals surface area contributed by atoms with Crippen molar-refractivity contribution in [1.29, 1.82) is 5.26 Å². The number of carbonyl (C=O) groups excluding carboxylic acids is 1. The van der Waals surface area contributed by atoms with Crippen molar-refractivity contribution in [3.8, 4) is 6.07 Å². The molecule has 0 rings (SSSR count). The van der Waals surface area contributed by atoms with Crippen molar-refractivity contribution >= 4 is 5.97 Å². The van der Waals surface area contributed by atoms with Crippen molar-refractivity contribution < 1.29 is 9.53 Å². The van der Waals surface area contributed by atoms with Gasteiger partial charge in [0.2, 0.25) is 0 Å². The first-order chi connectivity index (χ1) is 6.10. The Kier molecular flexibility index (Phi) is 5.96. The van der Waals surface area contributed by atoms with Crippen LogP contribution in [0.1, 0.15) is 33.6 Å². The van der Waals surface area contributed by atoms with Crippen LogP contribution < -0.4 is 0 Å². The second-order valence-electron chi connectivity index (χ2n) is 3.46. The molecule has 0 saturated carbocycles. The van der Waals surface area contributed by atoms with Gasteiger partial charge in [0.1, 0.15) is 0 Å². The average molecular weight is 183 g/mol. The summed E-state index contributed by atoms with van der Waals surface area (Å²) in [6.07, 6.45) is 0.984. The predicted molar refractivity (Wildman–Crippen MR) is 49.8 cm³/mol. The van der Waals surface area contributed by atoms with E-state index in [1.54, 1.807) is 6.92 Å². The molecule has 0 aliphatic heterocycles. The fraction of sp³-hybridized carbons (Fsp3) is 0.800. The predicted octanol–water partition coefficient (Wildman–Crippen LogP) is 2.13. The van der Waals surface area contributed by atoms with E-state index in [9.17, 15) is 4.79 Å². The molecule has 74 valence electrons. The molecule has 0 aromatic rings. The Morgan fingerprint density at radius 1 is 1.54 bits per heavy atom. The van der Waals surface area contributed by atoms with Crippen molar-refractivity contribution in [2.45, 2.75) is 33.6 Å². The van der Waals surface area contributed by atoms with Crippen LogP contribution >= 0.6 is 0 Å². The SMILES string of the molecule is CCOC(=O)CC(C#N)CC(C)C. The number of rotatable bonds is 5. The maximum atomic E-state index is 11.0. The van der Waals surface area contributed by atoms with E-state index < -0.39 is 0 Å². The molecule has 0 bridgehead atoms. The summed E-state index contributed by atoms with van der Waals surface area (Å²) in [5.41, 5.74) is 0. The van der Waals surface area contributed by atoms with Gasteiger partial charge in [0, 0.05) is 0 Å². The molecule has 0 aliphatic carbocycles. The molecular formula is C10H17NO2. The van der Waals surface area contributed by atoms with Crippen molar-refractivity contribution in [2.75, 3.05) is 6.61 Å². The summed E-state index contributed by atoms with van der Waals surface area (Å²) >= 11 is 0. The third-order valence-corrected chi connectivity index (χ3v) is 1.66. The molecule has 1 unspecified atom stereocenters. The third-order valence-electron chi connectivity index (χ3n) is 1.66. The van der Waals surface area contributed by atoms with E-state index in [0.29, 0.717) is 12.5 Å². The Balaban J connectivity index is 3.85. The smallest absolute Gasteiger partial charge is 0.307 e. The van der Waals surface area contributed by atoms with E-state index in [-0.39, 0.29) is 18.3 Å². The largest absolute Gasteiger partial charge is 0.466 e. The number of esters is 1. The number of nitrogens with zero attached hydrogens (tertiary/aromatic N) is 1. The number of hydrogen-bond acceptors (Lipinski definition) is 3. The van der Waals surface area contributed by atoms with Gasteiger partial charge in [-0.15, -0.1) is 0 Å². The van der Waals surface area contributed by atoms with Crippen molar-refractivity contribution in [2.24, 2.45) is 11.8 Å². The fourth-order valence-corrected chi connectivity index (χ4v) is 1.17. The van der Waals surface area contributed by atoms with Gasteiger partial charge >= 0.3 is 5.97 Å². The molecule has 3 heteroatoms. The van der Waals surface area contributed by atoms with Crippen LogP contribution in [0.5, 0.6) is 0 Å². The van der Waals surface area contributed by atoms with Crippen LogP contribution in [-0.4, -0.2) is 12.6 Å². The van der Waals surface area contributed by atoms with Gasteiger partial charge in [-0.2, -0.15) is 5.26 Å². The quantitative estimate of drug-likeness (QED) is 0.613. The highest BCUT2D eigenvalue weighted by Gasteiger charge is 2.15. The molecule has 0 spiro atoms. The number of hydrogen-bond donors (Lipinski definition) is 0. The average Bonchev–Trinajstić information content (AvgIpc) is 2.02. The summed E-state index contributed by atoms with van der Waals surface area (Å²) in [6.45, 7) is 6.23. The van der Waals surface area contributed by atoms with Crippen LogP contribution in [0.3, 0.4) is 0 Å². The van der Waals surface area contributed by atoms with Gasteiger partial charge in [0.15, 0.2) is 0 Å². The minimum Gasteiger partial charge on any atom is -0.466 e. The lowest BCUT2D eigenvalue weighted by molar-refractivity contribution is -0.143. The fourth-order valence-electron chi connectivity index (χ4n) is 1.17. The van der Waals surface area contributed by atoms with Crippen LogP contribution in [0.25, 0.3) is 0 Å². The zero-order chi connectivity index (χ0) is 10.3. The zero-order valence-electron chi connectivity index (χ0n) is 8.54. The minimum atomic E-state index is -0.269. The molecule has 0 aromatic carbocycles. The van der Waals surface area contributed by atoms with E-state index in [0.717, 1.165) is 6.42 Å². The molecule has 0 fully saturated rings. The number of ether oxygens (including phenoxy) is 1. The summed E-state index contributed by atoms with van der Waals surface area (Å²) in [6, 6.07) is 2.12. The third kappa shape index (κ3) is 6.15. The first-order valence-corrected chi connectivity index (χ1v) is 4.65. The van der Waals surface area contributed by atoms with E-state index in [2.05, 4.69) is 6.07 Å². The molecule has 0 N–H and O–H groups in total. The summed E-state index contributed by atoms with van der Waals surface area (Å²) in [7, 11) is 0. The van der Waals surface area contributed by atoms with Crippen molar-refractivity contribution in [3.63, 3.8) is 0 Å². The second-order valence-corrected chi connectivity index (χ2v) is 3.46. The topological polar surface area (TPSA) is 50.1 Å². The molecular weight excluding hydrogens is 166 g/mol. The standard InChI is InChI=1S/C10H17NO2/c1-4-13-10(12)6-9(7-11)5-8(2)3/h8-9H,4-6H2,1-3H3. The summed E-state index contributed by atoms with van der Waals surface area (Å²) < 4.78 is 4.77. The molecule has 0 aliphatic rings. The Morgan fingerprint density at radius 2 is 2.15 bits per heavy atom. The van der Waals surface area contributed by atoms with Gasteiger partial charge in [-0.3, -0.25) is 4.79 Å². The highest BCUT2D eigenvalue weighted by atomic mass is 16.5. The Bertz CT molecular complexity index is 194. The van der Waals surface area contributed by atoms with Crippen LogP contribution in [0.15, 0.2) is 0 Å². The zero-order valence-corrected chi connectivity index (χ0v) is 8.54. The maximum Gasteiger partial charge on any atom is 0.307 e. The second kappa shape index (κ2) is 6.47. The molecule has 0 radical (unpaired) electrons. The monoisotopic (exact) mass is 183 g/mol. The molecule has 0 heterocycles. The highest BCUT2D eigenvalue weighted by Crippen LogP contribution is 2.14. The van der Waals surface area contributed by atoms with E-state index in [4.69, 9.17) is 10.00 Å². The maximum absolute atomic E-state index is 11.0. The van der Waals surface area contributed by atoms with Gasteiger partial charge in [-0.1, -0.05) is 13.8 Å². The van der Waals surface area contributed by atoms with Gasteiger partial charge in [0.05, 0.1) is 25.0 Å². The van der Waals surface area contributed by atoms with Gasteiger partial charge in [-0.05, 0) is 19.3 Å². The van der Waals surface area contributed by atoms with Crippen LogP contribution in [0.4, 0.5) is 0 Å². The molecule has 0 aromatic heterocycles. The first kappa shape index (κ1) is 12.0. The lowest BCUT2D eigenvalue weighted by Crippen LogP contribution is -2.12. The molecule has 0 saturated heterocycles. The molecule has 1 atom stereocenters. The van der Waals surface area contributed by atoms with Gasteiger partial charge in [0.25, 0.3) is 0 Å². The van der Waals surface area contributed by atoms with Crippen molar-refractivity contribution in [1.82, 2.24) is 0 Å². The summed E-state index contributed by atoms with van der Waals surface area (Å²) in [4.78, 5) is 11.0. The van der Waals surface area contributed by atoms with E-state index >= 15 is 0 Å². The van der Waals surface area contributed by atoms with Crippen LogP contribution in [0.2, 0.25) is 0 Å². The highest BCUT2D eigenvalue weighted by molar-refractivity contribution is 5.70. The van der Waals surface area contributed by atoms with E-state index in [1.807, 2.05) is 13.8 Å². The van der Waals surface area contributed by atoms with Gasteiger partial charge in [-0.25, -0.2) is 0 Å². The normalized spacial score (nSPS) is 12.2. The Morgan fingerprint density at radius 3 is 2.54 bits per heavy atom. The van der Waals surface area contributed by atoms with Gasteiger partial charge < -0.3 is 4.74 Å². The molecule has 13 heavy (non-hydrogen) atoms. The number of carbonyl (C=O) groups is 1. The molecule has 0 amide bonds. The Labute approximate surface area is 79.7 Å². The lowest BCUT2D eigenvalue weighted by Gasteiger charge is -2.10. The Hall–Kier alpha value is -1.04. The van der Waals surface area contributed by atoms with E-state index in [1.165, 1.54) is 0 Å². The molecule has 3 nitrogen and oxygen atoms in total.